The Balaban J connectivity index is 0.000000791. The summed E-state index contributed by atoms with van der Waals surface area (Å²) in [5.41, 5.74) is 4.25. The van der Waals surface area contributed by atoms with E-state index in [2.05, 4.69) is 13.8 Å². The topological polar surface area (TPSA) is 0 Å². The second kappa shape index (κ2) is 5.79. The van der Waals surface area contributed by atoms with Crippen LogP contribution in [-0.4, -0.2) is 0 Å². The zero-order valence-electron chi connectivity index (χ0n) is 10.2. The highest BCUT2D eigenvalue weighted by Gasteiger charge is 2.07. The summed E-state index contributed by atoms with van der Waals surface area (Å²) >= 11 is 0. The van der Waals surface area contributed by atoms with Gasteiger partial charge in [0, 0.05) is 0 Å². The van der Waals surface area contributed by atoms with Gasteiger partial charge in [-0.3, -0.25) is 0 Å². The molecule has 0 aliphatic rings. The molecule has 1 aromatic carbocycles. The molecular formula is C13H21F. The Morgan fingerprint density at radius 3 is 2.00 bits per heavy atom. The van der Waals surface area contributed by atoms with E-state index in [1.165, 1.54) is 5.56 Å². The molecule has 0 aromatic heterocycles. The molecule has 1 heteroatoms. The largest absolute Gasteiger partial charge is 0.207 e. The van der Waals surface area contributed by atoms with Crippen molar-refractivity contribution in [3.8, 4) is 0 Å². The lowest BCUT2D eigenvalue weighted by Crippen LogP contribution is -1.97. The Kier molecular flexibility index (Phi) is 5.44. The molecule has 0 heterocycles. The molecule has 0 N–H and O–H groups in total. The number of rotatable bonds is 1. The molecule has 0 saturated heterocycles. The van der Waals surface area contributed by atoms with E-state index in [1.54, 1.807) is 6.07 Å². The maximum absolute atomic E-state index is 13.2. The van der Waals surface area contributed by atoms with Crippen molar-refractivity contribution in [2.24, 2.45) is 0 Å². The molecule has 0 bridgehead atoms. The van der Waals surface area contributed by atoms with Gasteiger partial charge < -0.3 is 0 Å². The van der Waals surface area contributed by atoms with Gasteiger partial charge in [0.2, 0.25) is 0 Å². The van der Waals surface area contributed by atoms with Gasteiger partial charge in [-0.25, -0.2) is 4.39 Å². The summed E-state index contributed by atoms with van der Waals surface area (Å²) in [6.45, 7) is 11.9. The van der Waals surface area contributed by atoms with Gasteiger partial charge in [-0.2, -0.15) is 0 Å². The van der Waals surface area contributed by atoms with Crippen molar-refractivity contribution in [2.45, 2.75) is 48.0 Å². The first-order valence-corrected chi connectivity index (χ1v) is 5.33. The van der Waals surface area contributed by atoms with E-state index < -0.39 is 0 Å². The average molecular weight is 196 g/mol. The predicted octanol–water partition coefficient (Wildman–Crippen LogP) is 4.34. The lowest BCUT2D eigenvalue weighted by molar-refractivity contribution is 0.613. The summed E-state index contributed by atoms with van der Waals surface area (Å²) in [7, 11) is 0. The van der Waals surface area contributed by atoms with E-state index >= 15 is 0 Å². The fourth-order valence-corrected chi connectivity index (χ4v) is 1.60. The van der Waals surface area contributed by atoms with E-state index in [1.807, 2.05) is 27.7 Å². The van der Waals surface area contributed by atoms with Crippen LogP contribution >= 0.6 is 0 Å². The summed E-state index contributed by atoms with van der Waals surface area (Å²) in [5.74, 6) is -0.0741. The number of aryl methyl sites for hydroxylation is 1. The van der Waals surface area contributed by atoms with Gasteiger partial charge in [-0.1, -0.05) is 20.8 Å². The van der Waals surface area contributed by atoms with Gasteiger partial charge in [0.05, 0.1) is 0 Å². The molecular weight excluding hydrogens is 175 g/mol. The highest BCUT2D eigenvalue weighted by molar-refractivity contribution is 5.39. The van der Waals surface area contributed by atoms with Crippen LogP contribution in [0.5, 0.6) is 0 Å². The molecule has 0 aliphatic heterocycles. The van der Waals surface area contributed by atoms with Crippen LogP contribution in [0, 0.1) is 26.6 Å². The first kappa shape index (κ1) is 13.2. The highest BCUT2D eigenvalue weighted by atomic mass is 19.1. The van der Waals surface area contributed by atoms with Crippen molar-refractivity contribution in [3.63, 3.8) is 0 Å². The van der Waals surface area contributed by atoms with Crippen LogP contribution in [0.25, 0.3) is 0 Å². The Bertz CT molecular complexity index is 274. The van der Waals surface area contributed by atoms with E-state index in [-0.39, 0.29) is 5.82 Å². The summed E-state index contributed by atoms with van der Waals surface area (Å²) in [4.78, 5) is 0. The van der Waals surface area contributed by atoms with E-state index in [4.69, 9.17) is 0 Å². The summed E-state index contributed by atoms with van der Waals surface area (Å²) in [5, 5.41) is 0. The third kappa shape index (κ3) is 2.57. The molecule has 0 radical (unpaired) electrons. The molecule has 0 unspecified atom stereocenters. The standard InChI is InChI=1S/C11H15F.C2H6/c1-5-10-8(3)7(2)6-11(12)9(10)4;1-2/h6H,5H2,1-4H3;1-2H3. The second-order valence-electron chi connectivity index (χ2n) is 3.26. The fourth-order valence-electron chi connectivity index (χ4n) is 1.60. The van der Waals surface area contributed by atoms with Gasteiger partial charge in [-0.05, 0) is 55.5 Å². The van der Waals surface area contributed by atoms with Crippen LogP contribution < -0.4 is 0 Å². The fraction of sp³-hybridized carbons (Fsp3) is 0.538. The van der Waals surface area contributed by atoms with E-state index in [9.17, 15) is 4.39 Å². The molecule has 14 heavy (non-hydrogen) atoms. The van der Waals surface area contributed by atoms with Crippen LogP contribution in [0.15, 0.2) is 6.07 Å². The van der Waals surface area contributed by atoms with Gasteiger partial charge in [-0.15, -0.1) is 0 Å². The van der Waals surface area contributed by atoms with E-state index in [0.717, 1.165) is 23.1 Å². The minimum Gasteiger partial charge on any atom is -0.207 e. The lowest BCUT2D eigenvalue weighted by Gasteiger charge is -2.11. The normalized spacial score (nSPS) is 9.36. The maximum atomic E-state index is 13.2. The monoisotopic (exact) mass is 196 g/mol. The molecule has 1 rings (SSSR count). The van der Waals surface area contributed by atoms with Gasteiger partial charge in [0.1, 0.15) is 5.82 Å². The van der Waals surface area contributed by atoms with Crippen molar-refractivity contribution in [2.75, 3.05) is 0 Å². The predicted molar refractivity (Wildman–Crippen MR) is 61.3 cm³/mol. The molecule has 0 saturated carbocycles. The molecule has 0 aliphatic carbocycles. The number of halogens is 1. The molecule has 80 valence electrons. The quantitative estimate of drug-likeness (QED) is 0.626. The first-order valence-electron chi connectivity index (χ1n) is 5.33. The summed E-state index contributed by atoms with van der Waals surface area (Å²) < 4.78 is 13.2. The van der Waals surface area contributed by atoms with Gasteiger partial charge >= 0.3 is 0 Å². The van der Waals surface area contributed by atoms with Crippen molar-refractivity contribution >= 4 is 0 Å². The Morgan fingerprint density at radius 2 is 1.57 bits per heavy atom. The van der Waals surface area contributed by atoms with E-state index in [0.29, 0.717) is 0 Å². The number of hydrogen-bond acceptors (Lipinski definition) is 0. The smallest absolute Gasteiger partial charge is 0.126 e. The third-order valence-electron chi connectivity index (χ3n) is 2.55. The number of benzene rings is 1. The van der Waals surface area contributed by atoms with Gasteiger partial charge in [0.25, 0.3) is 0 Å². The minimum atomic E-state index is -0.0741. The molecule has 0 atom stereocenters. The van der Waals surface area contributed by atoms with Crippen LogP contribution in [0.1, 0.15) is 43.0 Å². The minimum absolute atomic E-state index is 0.0741. The van der Waals surface area contributed by atoms with Crippen molar-refractivity contribution in [1.82, 2.24) is 0 Å². The Labute approximate surface area is 87.2 Å². The van der Waals surface area contributed by atoms with Crippen LogP contribution in [0.4, 0.5) is 4.39 Å². The maximum Gasteiger partial charge on any atom is 0.126 e. The molecule has 0 fully saturated rings. The van der Waals surface area contributed by atoms with Crippen molar-refractivity contribution in [3.05, 3.63) is 34.1 Å². The number of hydrogen-bond donors (Lipinski definition) is 0. The highest BCUT2D eigenvalue weighted by Crippen LogP contribution is 2.20. The summed E-state index contributed by atoms with van der Waals surface area (Å²) in [6, 6.07) is 1.61. The Morgan fingerprint density at radius 1 is 1.07 bits per heavy atom. The third-order valence-corrected chi connectivity index (χ3v) is 2.55. The molecule has 0 amide bonds. The van der Waals surface area contributed by atoms with Crippen LogP contribution in [-0.2, 0) is 6.42 Å². The second-order valence-corrected chi connectivity index (χ2v) is 3.26. The van der Waals surface area contributed by atoms with Crippen LogP contribution in [0.2, 0.25) is 0 Å². The molecule has 0 spiro atoms. The molecule has 1 aromatic rings. The zero-order valence-corrected chi connectivity index (χ0v) is 10.2. The average Bonchev–Trinajstić information content (AvgIpc) is 2.19. The molecule has 0 nitrogen and oxygen atoms in total. The van der Waals surface area contributed by atoms with Crippen molar-refractivity contribution < 1.29 is 4.39 Å². The Hall–Kier alpha value is -0.850. The van der Waals surface area contributed by atoms with Crippen molar-refractivity contribution in [1.29, 1.82) is 0 Å². The summed E-state index contributed by atoms with van der Waals surface area (Å²) in [6.07, 6.45) is 0.913. The zero-order chi connectivity index (χ0) is 11.3. The lowest BCUT2D eigenvalue weighted by atomic mass is 9.96. The van der Waals surface area contributed by atoms with Gasteiger partial charge in [0.15, 0.2) is 0 Å². The first-order chi connectivity index (χ1) is 6.57. The SMILES string of the molecule is CC.CCc1c(C)c(C)cc(F)c1C. The van der Waals surface area contributed by atoms with Crippen LogP contribution in [0.3, 0.4) is 0 Å².